The van der Waals surface area contributed by atoms with Gasteiger partial charge in [0.1, 0.15) is 0 Å². The fourth-order valence-electron chi connectivity index (χ4n) is 3.74. The summed E-state index contributed by atoms with van der Waals surface area (Å²) in [4.78, 5) is 25.8. The Labute approximate surface area is 156 Å². The Hall–Kier alpha value is -3.41. The minimum Gasteiger partial charge on any atom is -0.348 e. The summed E-state index contributed by atoms with van der Waals surface area (Å²) in [6.45, 7) is 1.29. The van der Waals surface area contributed by atoms with Gasteiger partial charge in [-0.25, -0.2) is 0 Å². The first-order valence-electron chi connectivity index (χ1n) is 8.87. The molecule has 0 saturated heterocycles. The summed E-state index contributed by atoms with van der Waals surface area (Å²) < 4.78 is 2.16. The molecule has 6 heteroatoms. The van der Waals surface area contributed by atoms with Crippen LogP contribution in [0.2, 0.25) is 0 Å². The van der Waals surface area contributed by atoms with Gasteiger partial charge in [-0.15, -0.1) is 0 Å². The summed E-state index contributed by atoms with van der Waals surface area (Å²) in [5, 5.41) is 11.3. The second-order valence-corrected chi connectivity index (χ2v) is 6.59. The lowest BCUT2D eigenvalue weighted by Gasteiger charge is -2.37. The number of aromatic nitrogens is 1. The van der Waals surface area contributed by atoms with Crippen LogP contribution >= 0.6 is 0 Å². The third kappa shape index (κ3) is 3.21. The van der Waals surface area contributed by atoms with Gasteiger partial charge in [0.05, 0.1) is 17.4 Å². The Morgan fingerprint density at radius 3 is 2.52 bits per heavy atom. The maximum atomic E-state index is 13.2. The van der Waals surface area contributed by atoms with E-state index in [0.717, 1.165) is 11.3 Å². The van der Waals surface area contributed by atoms with Crippen molar-refractivity contribution in [3.05, 3.63) is 99.9 Å². The first-order valence-corrected chi connectivity index (χ1v) is 8.87. The Morgan fingerprint density at radius 1 is 1.00 bits per heavy atom. The number of carbonyl (C=O) groups excluding carboxylic acids is 1. The van der Waals surface area contributed by atoms with Gasteiger partial charge in [-0.3, -0.25) is 14.9 Å². The van der Waals surface area contributed by atoms with Crippen LogP contribution in [0.5, 0.6) is 0 Å². The van der Waals surface area contributed by atoms with Crippen molar-refractivity contribution in [1.29, 1.82) is 0 Å². The van der Waals surface area contributed by atoms with E-state index in [2.05, 4.69) is 4.57 Å². The summed E-state index contributed by atoms with van der Waals surface area (Å²) in [6.07, 6.45) is 2.04. The molecule has 136 valence electrons. The Kier molecular flexibility index (Phi) is 4.46. The number of nitro groups is 1. The zero-order valence-corrected chi connectivity index (χ0v) is 14.7. The number of para-hydroxylation sites is 1. The van der Waals surface area contributed by atoms with Gasteiger partial charge in [0.2, 0.25) is 5.91 Å². The quantitative estimate of drug-likeness (QED) is 0.527. The Balaban J connectivity index is 1.68. The highest BCUT2D eigenvalue weighted by Crippen LogP contribution is 2.33. The summed E-state index contributed by atoms with van der Waals surface area (Å²) in [7, 11) is 0. The van der Waals surface area contributed by atoms with Gasteiger partial charge < -0.3 is 9.47 Å². The van der Waals surface area contributed by atoms with Crippen LogP contribution in [0.1, 0.15) is 22.9 Å². The standard InChI is InChI=1S/C21H19N3O3/c25-20(15-17-9-4-5-10-18(17)24(26)27)23-14-13-22-12-6-11-19(22)21(23)16-7-2-1-3-8-16/h1-12,21H,13-15H2. The molecule has 0 saturated carbocycles. The van der Waals surface area contributed by atoms with E-state index in [0.29, 0.717) is 18.7 Å². The first-order chi connectivity index (χ1) is 13.1. The zero-order valence-electron chi connectivity index (χ0n) is 14.7. The van der Waals surface area contributed by atoms with E-state index in [1.165, 1.54) is 6.07 Å². The summed E-state index contributed by atoms with van der Waals surface area (Å²) in [5.41, 5.74) is 2.53. The van der Waals surface area contributed by atoms with E-state index in [1.807, 2.05) is 53.6 Å². The van der Waals surface area contributed by atoms with Gasteiger partial charge in [0.15, 0.2) is 0 Å². The Bertz CT molecular complexity index is 981. The molecular formula is C21H19N3O3. The minimum atomic E-state index is -0.432. The number of nitrogens with zero attached hydrogens (tertiary/aromatic N) is 3. The van der Waals surface area contributed by atoms with E-state index in [1.54, 1.807) is 18.2 Å². The number of rotatable bonds is 4. The summed E-state index contributed by atoms with van der Waals surface area (Å²) >= 11 is 0. The second kappa shape index (κ2) is 7.07. The van der Waals surface area contributed by atoms with E-state index in [4.69, 9.17) is 0 Å². The number of nitro benzene ring substituents is 1. The van der Waals surface area contributed by atoms with Crippen molar-refractivity contribution in [2.45, 2.75) is 19.0 Å². The van der Waals surface area contributed by atoms with Gasteiger partial charge in [0, 0.05) is 36.6 Å². The lowest BCUT2D eigenvalue weighted by atomic mass is 9.98. The molecule has 0 fully saturated rings. The highest BCUT2D eigenvalue weighted by Gasteiger charge is 2.32. The SMILES string of the molecule is O=C(Cc1ccccc1[N+](=O)[O-])N1CCn2cccc2C1c1ccccc1. The maximum absolute atomic E-state index is 13.2. The monoisotopic (exact) mass is 361 g/mol. The van der Waals surface area contributed by atoms with Crippen LogP contribution in [-0.2, 0) is 17.8 Å². The molecule has 0 aliphatic carbocycles. The fourth-order valence-corrected chi connectivity index (χ4v) is 3.74. The number of benzene rings is 2. The summed E-state index contributed by atoms with van der Waals surface area (Å²) in [6, 6.07) is 20.2. The number of carbonyl (C=O) groups is 1. The van der Waals surface area contributed by atoms with Crippen molar-refractivity contribution >= 4 is 11.6 Å². The van der Waals surface area contributed by atoms with E-state index >= 15 is 0 Å². The molecule has 0 N–H and O–H groups in total. The minimum absolute atomic E-state index is 0.0116. The number of hydrogen-bond donors (Lipinski definition) is 0. The predicted molar refractivity (Wildman–Crippen MR) is 101 cm³/mol. The van der Waals surface area contributed by atoms with Gasteiger partial charge >= 0.3 is 0 Å². The molecule has 0 spiro atoms. The van der Waals surface area contributed by atoms with Gasteiger partial charge in [-0.2, -0.15) is 0 Å². The zero-order chi connectivity index (χ0) is 18.8. The molecule has 1 atom stereocenters. The lowest BCUT2D eigenvalue weighted by molar-refractivity contribution is -0.385. The van der Waals surface area contributed by atoms with Crippen molar-refractivity contribution < 1.29 is 9.72 Å². The van der Waals surface area contributed by atoms with Crippen molar-refractivity contribution in [2.75, 3.05) is 6.54 Å². The van der Waals surface area contributed by atoms with Gasteiger partial charge in [-0.05, 0) is 17.7 Å². The average Bonchev–Trinajstić information content (AvgIpc) is 3.17. The van der Waals surface area contributed by atoms with Crippen LogP contribution < -0.4 is 0 Å². The molecule has 0 bridgehead atoms. The Morgan fingerprint density at radius 2 is 1.74 bits per heavy atom. The van der Waals surface area contributed by atoms with E-state index < -0.39 is 4.92 Å². The topological polar surface area (TPSA) is 68.4 Å². The molecular weight excluding hydrogens is 342 g/mol. The van der Waals surface area contributed by atoms with Crippen LogP contribution in [0.25, 0.3) is 0 Å². The number of hydrogen-bond acceptors (Lipinski definition) is 3. The van der Waals surface area contributed by atoms with Gasteiger partial charge in [-0.1, -0.05) is 48.5 Å². The molecule has 2 aromatic carbocycles. The van der Waals surface area contributed by atoms with Crippen molar-refractivity contribution in [3.8, 4) is 0 Å². The molecule has 27 heavy (non-hydrogen) atoms. The largest absolute Gasteiger partial charge is 0.348 e. The third-order valence-electron chi connectivity index (χ3n) is 5.00. The van der Waals surface area contributed by atoms with E-state index in [9.17, 15) is 14.9 Å². The van der Waals surface area contributed by atoms with Crippen LogP contribution in [0.3, 0.4) is 0 Å². The smallest absolute Gasteiger partial charge is 0.273 e. The average molecular weight is 361 g/mol. The van der Waals surface area contributed by atoms with Crippen LogP contribution in [0.4, 0.5) is 5.69 Å². The predicted octanol–water partition coefficient (Wildman–Crippen LogP) is 3.57. The fraction of sp³-hybridized carbons (Fsp3) is 0.190. The van der Waals surface area contributed by atoms with Gasteiger partial charge in [0.25, 0.3) is 5.69 Å². The molecule has 1 amide bonds. The summed E-state index contributed by atoms with van der Waals surface area (Å²) in [5.74, 6) is -0.106. The molecule has 0 radical (unpaired) electrons. The number of amides is 1. The second-order valence-electron chi connectivity index (χ2n) is 6.59. The van der Waals surface area contributed by atoms with Crippen LogP contribution in [-0.4, -0.2) is 26.8 Å². The molecule has 1 unspecified atom stereocenters. The van der Waals surface area contributed by atoms with E-state index in [-0.39, 0.29) is 24.1 Å². The molecule has 1 aliphatic heterocycles. The molecule has 2 heterocycles. The first kappa shape index (κ1) is 17.0. The van der Waals surface area contributed by atoms with Crippen molar-refractivity contribution in [1.82, 2.24) is 9.47 Å². The highest BCUT2D eigenvalue weighted by atomic mass is 16.6. The van der Waals surface area contributed by atoms with Crippen molar-refractivity contribution in [3.63, 3.8) is 0 Å². The molecule has 6 nitrogen and oxygen atoms in total. The molecule has 1 aromatic heterocycles. The normalized spacial score (nSPS) is 16.0. The number of fused-ring (bicyclic) bond motifs is 1. The maximum Gasteiger partial charge on any atom is 0.273 e. The van der Waals surface area contributed by atoms with Crippen molar-refractivity contribution in [2.24, 2.45) is 0 Å². The third-order valence-corrected chi connectivity index (χ3v) is 5.00. The molecule has 4 rings (SSSR count). The molecule has 3 aromatic rings. The molecule has 1 aliphatic rings. The van der Waals surface area contributed by atoms with Crippen LogP contribution in [0.15, 0.2) is 72.9 Å². The lowest BCUT2D eigenvalue weighted by Crippen LogP contribution is -2.43. The van der Waals surface area contributed by atoms with Crippen LogP contribution in [0, 0.1) is 10.1 Å². The highest BCUT2D eigenvalue weighted by molar-refractivity contribution is 5.81.